The summed E-state index contributed by atoms with van der Waals surface area (Å²) in [4.78, 5) is 0. The molecule has 0 spiro atoms. The smallest absolute Gasteiger partial charge is 0.319 e. The van der Waals surface area contributed by atoms with Crippen LogP contribution in [0.5, 0.6) is 0 Å². The van der Waals surface area contributed by atoms with Gasteiger partial charge in [-0.3, -0.25) is 0 Å². The van der Waals surface area contributed by atoms with Gasteiger partial charge in [0.1, 0.15) is 0 Å². The molecule has 0 amide bonds. The lowest BCUT2D eigenvalue weighted by atomic mass is 10.0. The number of rotatable bonds is 3. The zero-order chi connectivity index (χ0) is 11.5. The van der Waals surface area contributed by atoms with Gasteiger partial charge < -0.3 is 5.32 Å². The fraction of sp³-hybridized carbons (Fsp3) is 0.455. The summed E-state index contributed by atoms with van der Waals surface area (Å²) in [7, 11) is 1.78. The fourth-order valence-corrected chi connectivity index (χ4v) is 1.40. The number of hydrogen-bond acceptors (Lipinski definition) is 1. The van der Waals surface area contributed by atoms with Crippen molar-refractivity contribution in [2.75, 3.05) is 13.6 Å². The van der Waals surface area contributed by atoms with E-state index in [1.807, 2.05) is 0 Å². The predicted molar refractivity (Wildman–Crippen MR) is 53.8 cm³/mol. The van der Waals surface area contributed by atoms with Crippen molar-refractivity contribution in [2.24, 2.45) is 0 Å². The molecule has 0 saturated carbocycles. The normalized spacial score (nSPS) is 11.8. The van der Waals surface area contributed by atoms with Crippen molar-refractivity contribution in [3.63, 3.8) is 0 Å². The van der Waals surface area contributed by atoms with Crippen molar-refractivity contribution in [3.8, 4) is 0 Å². The molecule has 0 bridgehead atoms. The van der Waals surface area contributed by atoms with E-state index in [-0.39, 0.29) is 5.56 Å². The number of hydrogen-bond donors (Lipinski definition) is 1. The van der Waals surface area contributed by atoms with E-state index >= 15 is 0 Å². The molecule has 1 N–H and O–H groups in total. The van der Waals surface area contributed by atoms with Crippen LogP contribution < -0.4 is 5.32 Å². The summed E-state index contributed by atoms with van der Waals surface area (Å²) in [5.41, 5.74) is 0.453. The molecule has 4 heteroatoms. The summed E-state index contributed by atoms with van der Waals surface area (Å²) in [6.07, 6.45) is -3.64. The lowest BCUT2D eigenvalue weighted by Gasteiger charge is -2.11. The molecule has 0 saturated heterocycles. The molecule has 0 unspecified atom stereocenters. The maximum Gasteiger partial charge on any atom is 0.416 e. The van der Waals surface area contributed by atoms with E-state index in [1.165, 1.54) is 19.1 Å². The van der Waals surface area contributed by atoms with Crippen LogP contribution in [0.2, 0.25) is 0 Å². The Labute approximate surface area is 87.3 Å². The summed E-state index contributed by atoms with van der Waals surface area (Å²) >= 11 is 0. The number of alkyl halides is 3. The Bertz CT molecular complexity index is 331. The van der Waals surface area contributed by atoms with E-state index in [0.717, 1.165) is 0 Å². The standard InChI is InChI=1S/C11H14F3N/c1-8-3-4-9(5-6-15-2)7-10(8)11(12,13)14/h3-4,7,15H,5-6H2,1-2H3. The second-order valence-electron chi connectivity index (χ2n) is 3.50. The van der Waals surface area contributed by atoms with Gasteiger partial charge in [-0.05, 0) is 44.1 Å². The first-order chi connectivity index (χ1) is 6.95. The quantitative estimate of drug-likeness (QED) is 0.820. The Kier molecular flexibility index (Phi) is 3.74. The van der Waals surface area contributed by atoms with Crippen LogP contribution in [-0.4, -0.2) is 13.6 Å². The van der Waals surface area contributed by atoms with Gasteiger partial charge in [0.05, 0.1) is 5.56 Å². The number of nitrogens with one attached hydrogen (secondary N) is 1. The van der Waals surface area contributed by atoms with Gasteiger partial charge in [-0.25, -0.2) is 0 Å². The molecule has 1 aromatic rings. The van der Waals surface area contributed by atoms with Gasteiger partial charge in [0, 0.05) is 0 Å². The molecule has 1 nitrogen and oxygen atoms in total. The number of aryl methyl sites for hydroxylation is 1. The summed E-state index contributed by atoms with van der Waals surface area (Å²) in [5, 5.41) is 2.91. The third-order valence-corrected chi connectivity index (χ3v) is 2.27. The highest BCUT2D eigenvalue weighted by atomic mass is 19.4. The van der Waals surface area contributed by atoms with Crippen LogP contribution in [0.4, 0.5) is 13.2 Å². The average molecular weight is 217 g/mol. The van der Waals surface area contributed by atoms with Gasteiger partial charge in [0.2, 0.25) is 0 Å². The SMILES string of the molecule is CNCCc1ccc(C)c(C(F)(F)F)c1. The van der Waals surface area contributed by atoms with E-state index in [4.69, 9.17) is 0 Å². The Balaban J connectivity index is 2.95. The van der Waals surface area contributed by atoms with Crippen molar-refractivity contribution >= 4 is 0 Å². The molecule has 0 heterocycles. The lowest BCUT2D eigenvalue weighted by molar-refractivity contribution is -0.138. The van der Waals surface area contributed by atoms with Crippen LogP contribution in [0.15, 0.2) is 18.2 Å². The molecule has 84 valence electrons. The van der Waals surface area contributed by atoms with Crippen molar-refractivity contribution < 1.29 is 13.2 Å². The molecule has 0 aliphatic carbocycles. The predicted octanol–water partition coefficient (Wildman–Crippen LogP) is 2.78. The third-order valence-electron chi connectivity index (χ3n) is 2.27. The molecule has 0 atom stereocenters. The van der Waals surface area contributed by atoms with Crippen molar-refractivity contribution in [2.45, 2.75) is 19.5 Å². The van der Waals surface area contributed by atoms with Crippen LogP contribution in [0.1, 0.15) is 16.7 Å². The second-order valence-corrected chi connectivity index (χ2v) is 3.50. The summed E-state index contributed by atoms with van der Waals surface area (Å²) < 4.78 is 37.6. The molecule has 15 heavy (non-hydrogen) atoms. The van der Waals surface area contributed by atoms with Gasteiger partial charge in [-0.1, -0.05) is 12.1 Å². The molecule has 1 aromatic carbocycles. The van der Waals surface area contributed by atoms with E-state index in [0.29, 0.717) is 18.5 Å². The zero-order valence-electron chi connectivity index (χ0n) is 8.78. The minimum atomic E-state index is -4.25. The lowest BCUT2D eigenvalue weighted by Crippen LogP contribution is -2.12. The summed E-state index contributed by atoms with van der Waals surface area (Å²) in [6, 6.07) is 4.49. The van der Waals surface area contributed by atoms with Crippen molar-refractivity contribution in [3.05, 3.63) is 34.9 Å². The van der Waals surface area contributed by atoms with Crippen molar-refractivity contribution in [1.29, 1.82) is 0 Å². The largest absolute Gasteiger partial charge is 0.416 e. The minimum absolute atomic E-state index is 0.274. The van der Waals surface area contributed by atoms with Gasteiger partial charge in [-0.2, -0.15) is 13.2 Å². The molecule has 0 aromatic heterocycles. The third kappa shape index (κ3) is 3.23. The van der Waals surface area contributed by atoms with Crippen LogP contribution in [0.3, 0.4) is 0 Å². The summed E-state index contributed by atoms with van der Waals surface area (Å²) in [5.74, 6) is 0. The molecule has 1 rings (SSSR count). The Morgan fingerprint density at radius 3 is 2.47 bits per heavy atom. The molecule has 0 aliphatic rings. The van der Waals surface area contributed by atoms with E-state index in [1.54, 1.807) is 13.1 Å². The van der Waals surface area contributed by atoms with Crippen molar-refractivity contribution in [1.82, 2.24) is 5.32 Å². The van der Waals surface area contributed by atoms with E-state index in [2.05, 4.69) is 5.32 Å². The zero-order valence-corrected chi connectivity index (χ0v) is 8.78. The fourth-order valence-electron chi connectivity index (χ4n) is 1.40. The number of likely N-dealkylation sites (N-methyl/N-ethyl adjacent to an activating group) is 1. The van der Waals surface area contributed by atoms with Crippen LogP contribution >= 0.6 is 0 Å². The highest BCUT2D eigenvalue weighted by Gasteiger charge is 2.32. The highest BCUT2D eigenvalue weighted by molar-refractivity contribution is 5.33. The first kappa shape index (κ1) is 12.0. The number of benzene rings is 1. The highest BCUT2D eigenvalue weighted by Crippen LogP contribution is 2.32. The summed E-state index contributed by atoms with van der Waals surface area (Å²) in [6.45, 7) is 2.16. The first-order valence-electron chi connectivity index (χ1n) is 4.76. The Hall–Kier alpha value is -1.03. The minimum Gasteiger partial charge on any atom is -0.319 e. The molecule has 0 radical (unpaired) electrons. The monoisotopic (exact) mass is 217 g/mol. The van der Waals surface area contributed by atoms with Gasteiger partial charge in [0.15, 0.2) is 0 Å². The molecular weight excluding hydrogens is 203 g/mol. The van der Waals surface area contributed by atoms with Crippen LogP contribution in [0.25, 0.3) is 0 Å². The maximum atomic E-state index is 12.5. The molecular formula is C11H14F3N. The van der Waals surface area contributed by atoms with Gasteiger partial charge in [-0.15, -0.1) is 0 Å². The Morgan fingerprint density at radius 1 is 1.27 bits per heavy atom. The van der Waals surface area contributed by atoms with Crippen LogP contribution in [-0.2, 0) is 12.6 Å². The van der Waals surface area contributed by atoms with Crippen LogP contribution in [0, 0.1) is 6.92 Å². The molecule has 0 fully saturated rings. The topological polar surface area (TPSA) is 12.0 Å². The van der Waals surface area contributed by atoms with E-state index < -0.39 is 11.7 Å². The average Bonchev–Trinajstić information content (AvgIpc) is 2.15. The van der Waals surface area contributed by atoms with Gasteiger partial charge in [0.25, 0.3) is 0 Å². The van der Waals surface area contributed by atoms with Gasteiger partial charge >= 0.3 is 6.18 Å². The maximum absolute atomic E-state index is 12.5. The second kappa shape index (κ2) is 4.66. The first-order valence-corrected chi connectivity index (χ1v) is 4.76. The van der Waals surface area contributed by atoms with E-state index in [9.17, 15) is 13.2 Å². The number of halogens is 3. The Morgan fingerprint density at radius 2 is 1.93 bits per heavy atom. The molecule has 0 aliphatic heterocycles.